The van der Waals surface area contributed by atoms with Gasteiger partial charge in [-0.25, -0.2) is 0 Å². The van der Waals surface area contributed by atoms with Gasteiger partial charge in [-0.05, 0) is 7.05 Å². The number of aliphatic hydroxyl groups is 3. The Bertz CT molecular complexity index is 61.7. The first-order chi connectivity index (χ1) is 5.85. The molecule has 0 unspecified atom stereocenters. The van der Waals surface area contributed by atoms with Crippen LogP contribution in [0.2, 0.25) is 0 Å². The molecule has 6 nitrogen and oxygen atoms in total. The molecular weight excluding hydrogens is 174 g/mol. The third-order valence-corrected chi connectivity index (χ3v) is 1.25. The second kappa shape index (κ2) is 17.7. The highest BCUT2D eigenvalue weighted by molar-refractivity contribution is 4.54. The third kappa shape index (κ3) is 14.6. The highest BCUT2D eigenvalue weighted by Crippen LogP contribution is 1.84. The molecule has 0 spiro atoms. The molecule has 8 N–H and O–H groups in total. The number of nitrogens with two attached hydrogens (primary N) is 1. The second-order valence-corrected chi connectivity index (χ2v) is 2.01. The van der Waals surface area contributed by atoms with E-state index >= 15 is 0 Å². The Morgan fingerprint density at radius 1 is 0.846 bits per heavy atom. The standard InChI is InChI=1S/C6H15NO3.CH5N.H3N/c8-4-1-7(2-5-9)3-6-10;1-2;/h8-10H,1-6H2;2H2,1H3;1H3. The SMILES string of the molecule is CN.N.OCCN(CCO)CCO. The van der Waals surface area contributed by atoms with Gasteiger partial charge in [0.05, 0.1) is 19.8 Å². The molecule has 0 aliphatic carbocycles. The average Bonchev–Trinajstić information content (AvgIpc) is 2.10. The summed E-state index contributed by atoms with van der Waals surface area (Å²) in [4.78, 5) is 1.79. The smallest absolute Gasteiger partial charge is 0.0558 e. The molecule has 0 aromatic carbocycles. The van der Waals surface area contributed by atoms with Crippen LogP contribution in [-0.4, -0.2) is 66.7 Å². The van der Waals surface area contributed by atoms with E-state index < -0.39 is 0 Å². The van der Waals surface area contributed by atoms with E-state index in [1.807, 2.05) is 0 Å². The van der Waals surface area contributed by atoms with E-state index in [1.165, 1.54) is 7.05 Å². The highest BCUT2D eigenvalue weighted by atomic mass is 16.3. The van der Waals surface area contributed by atoms with Crippen LogP contribution in [0, 0.1) is 0 Å². The Hall–Kier alpha value is -0.240. The van der Waals surface area contributed by atoms with Crippen molar-refractivity contribution in [3.8, 4) is 0 Å². The molecule has 84 valence electrons. The molecule has 0 aliphatic heterocycles. The number of rotatable bonds is 6. The zero-order chi connectivity index (χ0) is 9.82. The third-order valence-electron chi connectivity index (χ3n) is 1.25. The number of nitrogens with zero attached hydrogens (tertiary/aromatic N) is 1. The summed E-state index contributed by atoms with van der Waals surface area (Å²) in [6.07, 6.45) is 0. The fraction of sp³-hybridized carbons (Fsp3) is 1.00. The molecule has 0 heterocycles. The molecule has 0 saturated heterocycles. The lowest BCUT2D eigenvalue weighted by atomic mass is 10.4. The average molecular weight is 197 g/mol. The summed E-state index contributed by atoms with van der Waals surface area (Å²) in [5.41, 5.74) is 4.50. The van der Waals surface area contributed by atoms with Crippen molar-refractivity contribution in [2.45, 2.75) is 0 Å². The van der Waals surface area contributed by atoms with Crippen LogP contribution in [0.4, 0.5) is 0 Å². The maximum atomic E-state index is 8.48. The van der Waals surface area contributed by atoms with Gasteiger partial charge >= 0.3 is 0 Å². The van der Waals surface area contributed by atoms with Gasteiger partial charge in [-0.2, -0.15) is 0 Å². The summed E-state index contributed by atoms with van der Waals surface area (Å²) in [5.74, 6) is 0. The molecule has 0 fully saturated rings. The lowest BCUT2D eigenvalue weighted by Crippen LogP contribution is -2.32. The first kappa shape index (κ1) is 18.5. The normalized spacial score (nSPS) is 8.77. The van der Waals surface area contributed by atoms with Crippen molar-refractivity contribution in [2.75, 3.05) is 46.5 Å². The van der Waals surface area contributed by atoms with E-state index in [-0.39, 0.29) is 26.0 Å². The predicted molar refractivity (Wildman–Crippen MR) is 52.8 cm³/mol. The summed E-state index contributed by atoms with van der Waals surface area (Å²) < 4.78 is 0. The van der Waals surface area contributed by atoms with Gasteiger partial charge in [-0.15, -0.1) is 0 Å². The van der Waals surface area contributed by atoms with Gasteiger partial charge in [0.1, 0.15) is 0 Å². The number of aliphatic hydroxyl groups excluding tert-OH is 3. The Labute approximate surface area is 79.6 Å². The maximum Gasteiger partial charge on any atom is 0.0558 e. The maximum absolute atomic E-state index is 8.48. The van der Waals surface area contributed by atoms with Crippen LogP contribution < -0.4 is 11.9 Å². The lowest BCUT2D eigenvalue weighted by Gasteiger charge is -2.17. The minimum atomic E-state index is 0. The van der Waals surface area contributed by atoms with E-state index in [1.54, 1.807) is 4.90 Å². The largest absolute Gasteiger partial charge is 0.395 e. The van der Waals surface area contributed by atoms with Crippen LogP contribution in [0.15, 0.2) is 0 Å². The van der Waals surface area contributed by atoms with E-state index in [0.717, 1.165) is 0 Å². The molecule has 0 amide bonds. The Morgan fingerprint density at radius 3 is 1.23 bits per heavy atom. The molecule has 0 aliphatic rings. The van der Waals surface area contributed by atoms with Gasteiger partial charge in [0.25, 0.3) is 0 Å². The topological polar surface area (TPSA) is 125 Å². The minimum Gasteiger partial charge on any atom is -0.395 e. The van der Waals surface area contributed by atoms with Gasteiger partial charge in [-0.3, -0.25) is 4.90 Å². The zero-order valence-electron chi connectivity index (χ0n) is 8.32. The van der Waals surface area contributed by atoms with Crippen LogP contribution >= 0.6 is 0 Å². The Balaban J connectivity index is -0.000000309. The highest BCUT2D eigenvalue weighted by Gasteiger charge is 2.00. The quantitative estimate of drug-likeness (QED) is 0.335. The van der Waals surface area contributed by atoms with E-state index in [2.05, 4.69) is 5.73 Å². The summed E-state index contributed by atoms with van der Waals surface area (Å²) in [7, 11) is 1.50. The van der Waals surface area contributed by atoms with Gasteiger partial charge in [0.2, 0.25) is 0 Å². The molecule has 0 radical (unpaired) electrons. The first-order valence-electron chi connectivity index (χ1n) is 3.97. The molecule has 0 aromatic heterocycles. The number of hydrogen-bond acceptors (Lipinski definition) is 6. The number of hydrogen-bond donors (Lipinski definition) is 5. The summed E-state index contributed by atoms with van der Waals surface area (Å²) in [6.45, 7) is 1.75. The van der Waals surface area contributed by atoms with Crippen LogP contribution in [-0.2, 0) is 0 Å². The molecule has 6 heteroatoms. The van der Waals surface area contributed by atoms with Crippen LogP contribution in [0.25, 0.3) is 0 Å². The minimum absolute atomic E-state index is 0. The molecule has 0 bridgehead atoms. The van der Waals surface area contributed by atoms with Crippen LogP contribution in [0.3, 0.4) is 0 Å². The molecule has 0 saturated carbocycles. The van der Waals surface area contributed by atoms with Gasteiger partial charge in [-0.1, -0.05) is 0 Å². The van der Waals surface area contributed by atoms with Crippen molar-refractivity contribution in [3.05, 3.63) is 0 Å². The van der Waals surface area contributed by atoms with Crippen molar-refractivity contribution in [1.29, 1.82) is 0 Å². The van der Waals surface area contributed by atoms with Gasteiger partial charge < -0.3 is 27.2 Å². The van der Waals surface area contributed by atoms with Crippen molar-refractivity contribution in [2.24, 2.45) is 5.73 Å². The van der Waals surface area contributed by atoms with Crippen molar-refractivity contribution in [1.82, 2.24) is 11.1 Å². The van der Waals surface area contributed by atoms with Crippen molar-refractivity contribution in [3.63, 3.8) is 0 Å². The molecular formula is C7H23N3O3. The Kier molecular flexibility index (Phi) is 25.3. The van der Waals surface area contributed by atoms with E-state index in [0.29, 0.717) is 19.6 Å². The summed E-state index contributed by atoms with van der Waals surface area (Å²) in [5, 5.41) is 25.5. The van der Waals surface area contributed by atoms with Gasteiger partial charge in [0.15, 0.2) is 0 Å². The summed E-state index contributed by atoms with van der Waals surface area (Å²) >= 11 is 0. The van der Waals surface area contributed by atoms with Crippen molar-refractivity contribution >= 4 is 0 Å². The molecule has 0 atom stereocenters. The van der Waals surface area contributed by atoms with E-state index in [4.69, 9.17) is 15.3 Å². The lowest BCUT2D eigenvalue weighted by molar-refractivity contribution is 0.136. The predicted octanol–water partition coefficient (Wildman–Crippen LogP) is -2.00. The Morgan fingerprint density at radius 2 is 1.08 bits per heavy atom. The summed E-state index contributed by atoms with van der Waals surface area (Å²) in [6, 6.07) is 0. The fourth-order valence-electron chi connectivity index (χ4n) is 0.760. The monoisotopic (exact) mass is 197 g/mol. The van der Waals surface area contributed by atoms with Crippen LogP contribution in [0.1, 0.15) is 0 Å². The van der Waals surface area contributed by atoms with Gasteiger partial charge in [0, 0.05) is 19.6 Å². The fourth-order valence-corrected chi connectivity index (χ4v) is 0.760. The zero-order valence-corrected chi connectivity index (χ0v) is 8.32. The van der Waals surface area contributed by atoms with Crippen molar-refractivity contribution < 1.29 is 15.3 Å². The molecule has 0 rings (SSSR count). The van der Waals surface area contributed by atoms with E-state index in [9.17, 15) is 0 Å². The van der Waals surface area contributed by atoms with Crippen LogP contribution in [0.5, 0.6) is 0 Å². The molecule has 0 aromatic rings. The molecule has 13 heavy (non-hydrogen) atoms. The second-order valence-electron chi connectivity index (χ2n) is 2.01. The first-order valence-corrected chi connectivity index (χ1v) is 3.97.